The Morgan fingerprint density at radius 1 is 1.16 bits per heavy atom. The molecule has 0 aliphatic carbocycles. The number of carbonyl (C=O) groups is 1. The number of halogens is 1. The fraction of sp³-hybridized carbons (Fsp3) is 0.308. The number of ether oxygens (including phenoxy) is 4. The third-order valence-corrected chi connectivity index (χ3v) is 6.53. The lowest BCUT2D eigenvalue weighted by Gasteiger charge is -2.15. The molecule has 2 aromatic carbocycles. The van der Waals surface area contributed by atoms with Gasteiger partial charge in [0.2, 0.25) is 5.13 Å². The van der Waals surface area contributed by atoms with Crippen molar-refractivity contribution in [2.45, 2.75) is 26.7 Å². The van der Waals surface area contributed by atoms with Crippen molar-refractivity contribution >= 4 is 44.4 Å². The summed E-state index contributed by atoms with van der Waals surface area (Å²) >= 11 is 4.79. The molecule has 0 aliphatic heterocycles. The van der Waals surface area contributed by atoms with Gasteiger partial charge < -0.3 is 18.9 Å². The molecule has 0 bridgehead atoms. The largest absolute Gasteiger partial charge is 0.497 e. The number of amides is 1. The maximum absolute atomic E-state index is 12.7. The van der Waals surface area contributed by atoms with Crippen LogP contribution in [0.5, 0.6) is 23.0 Å². The molecule has 194 valence electrons. The molecule has 1 amide bonds. The van der Waals surface area contributed by atoms with E-state index in [1.54, 1.807) is 25.3 Å². The van der Waals surface area contributed by atoms with E-state index >= 15 is 0 Å². The van der Waals surface area contributed by atoms with Crippen LogP contribution in [-0.2, 0) is 4.79 Å². The zero-order chi connectivity index (χ0) is 26.8. The first-order valence-corrected chi connectivity index (χ1v) is 13.1. The third kappa shape index (κ3) is 7.93. The van der Waals surface area contributed by atoms with Crippen LogP contribution in [0.1, 0.15) is 37.3 Å². The highest BCUT2D eigenvalue weighted by Crippen LogP contribution is 2.37. The molecule has 1 heterocycles. The van der Waals surface area contributed by atoms with E-state index in [2.05, 4.69) is 31.4 Å². The van der Waals surface area contributed by atoms with Gasteiger partial charge in [0.15, 0.2) is 11.5 Å². The predicted molar refractivity (Wildman–Crippen MR) is 146 cm³/mol. The standard InChI is InChI=1S/C26H27BrN4O5S/c1-5-34-22-13-17(11-18(15-28)24(32)29-26-31-30-25(37-26)16(2)3)12-21(27)23(22)36-10-9-35-20-8-6-7-19(14-20)33-4/h6-8,11-14,16H,5,9-10H2,1-4H3,(H,29,31,32)/b18-11-. The van der Waals surface area contributed by atoms with E-state index in [4.69, 9.17) is 18.9 Å². The van der Waals surface area contributed by atoms with Gasteiger partial charge in [-0.3, -0.25) is 10.1 Å². The second-order valence-corrected chi connectivity index (χ2v) is 9.73. The zero-order valence-electron chi connectivity index (χ0n) is 20.9. The van der Waals surface area contributed by atoms with Crippen LogP contribution >= 0.6 is 27.3 Å². The highest BCUT2D eigenvalue weighted by molar-refractivity contribution is 9.10. The summed E-state index contributed by atoms with van der Waals surface area (Å²) in [4.78, 5) is 12.7. The summed E-state index contributed by atoms with van der Waals surface area (Å²) in [6, 6.07) is 12.7. The summed E-state index contributed by atoms with van der Waals surface area (Å²) < 4.78 is 23.2. The molecule has 0 aliphatic rings. The van der Waals surface area contributed by atoms with Gasteiger partial charge in [0.05, 0.1) is 18.2 Å². The Bertz CT molecular complexity index is 1300. The Kier molecular flexibility index (Phi) is 10.3. The van der Waals surface area contributed by atoms with E-state index in [9.17, 15) is 10.1 Å². The van der Waals surface area contributed by atoms with Gasteiger partial charge >= 0.3 is 0 Å². The predicted octanol–water partition coefficient (Wildman–Crippen LogP) is 5.83. The van der Waals surface area contributed by atoms with Crippen LogP contribution in [0.4, 0.5) is 5.13 Å². The van der Waals surface area contributed by atoms with E-state index in [0.717, 1.165) is 5.01 Å². The molecule has 11 heteroatoms. The molecule has 0 atom stereocenters. The lowest BCUT2D eigenvalue weighted by atomic mass is 10.1. The van der Waals surface area contributed by atoms with Crippen molar-refractivity contribution in [3.05, 3.63) is 57.0 Å². The summed E-state index contributed by atoms with van der Waals surface area (Å²) in [5.41, 5.74) is 0.498. The molecule has 3 rings (SSSR count). The number of hydrogen-bond donors (Lipinski definition) is 1. The number of benzene rings is 2. The summed E-state index contributed by atoms with van der Waals surface area (Å²) in [7, 11) is 1.60. The van der Waals surface area contributed by atoms with Crippen molar-refractivity contribution in [1.82, 2.24) is 10.2 Å². The summed E-state index contributed by atoms with van der Waals surface area (Å²) in [6.45, 7) is 6.79. The first-order valence-electron chi connectivity index (χ1n) is 11.5. The number of aromatic nitrogens is 2. The number of nitriles is 1. The van der Waals surface area contributed by atoms with Crippen molar-refractivity contribution in [2.24, 2.45) is 0 Å². The average molecular weight is 587 g/mol. The Balaban J connectivity index is 1.71. The maximum atomic E-state index is 12.7. The van der Waals surface area contributed by atoms with Gasteiger partial charge in [-0.25, -0.2) is 0 Å². The molecule has 1 N–H and O–H groups in total. The Hall–Kier alpha value is -3.62. The van der Waals surface area contributed by atoms with Crippen molar-refractivity contribution in [1.29, 1.82) is 5.26 Å². The fourth-order valence-electron chi connectivity index (χ4n) is 3.07. The smallest absolute Gasteiger partial charge is 0.268 e. The van der Waals surface area contributed by atoms with Gasteiger partial charge in [0.1, 0.15) is 41.4 Å². The van der Waals surface area contributed by atoms with Crippen LogP contribution in [0, 0.1) is 11.3 Å². The SMILES string of the molecule is CCOc1cc(/C=C(/C#N)C(=O)Nc2nnc(C(C)C)s2)cc(Br)c1OCCOc1cccc(OC)c1. The van der Waals surface area contributed by atoms with Gasteiger partial charge in [-0.1, -0.05) is 31.3 Å². The highest BCUT2D eigenvalue weighted by Gasteiger charge is 2.16. The number of anilines is 1. The van der Waals surface area contributed by atoms with Crippen molar-refractivity contribution in [3.63, 3.8) is 0 Å². The molecular formula is C26H27BrN4O5S. The molecule has 0 spiro atoms. The average Bonchev–Trinajstić information content (AvgIpc) is 3.35. The third-order valence-electron chi connectivity index (χ3n) is 4.80. The fourth-order valence-corrected chi connectivity index (χ4v) is 4.38. The first kappa shape index (κ1) is 28.0. The van der Waals surface area contributed by atoms with Crippen LogP contribution in [0.3, 0.4) is 0 Å². The Morgan fingerprint density at radius 2 is 1.92 bits per heavy atom. The molecule has 9 nitrogen and oxygen atoms in total. The molecule has 37 heavy (non-hydrogen) atoms. The first-order chi connectivity index (χ1) is 17.8. The van der Waals surface area contributed by atoms with Crippen molar-refractivity contribution < 1.29 is 23.7 Å². The van der Waals surface area contributed by atoms with Crippen molar-refractivity contribution in [3.8, 4) is 29.1 Å². The normalized spacial score (nSPS) is 11.1. The number of carbonyl (C=O) groups excluding carboxylic acids is 1. The molecule has 0 saturated carbocycles. The van der Waals surface area contributed by atoms with E-state index in [-0.39, 0.29) is 18.1 Å². The molecule has 0 radical (unpaired) electrons. The number of nitrogens with zero attached hydrogens (tertiary/aromatic N) is 3. The Labute approximate surface area is 228 Å². The van der Waals surface area contributed by atoms with E-state index in [1.807, 2.05) is 45.0 Å². The van der Waals surface area contributed by atoms with E-state index < -0.39 is 5.91 Å². The minimum atomic E-state index is -0.571. The van der Waals surface area contributed by atoms with Crippen LogP contribution < -0.4 is 24.3 Å². The number of rotatable bonds is 12. The van der Waals surface area contributed by atoms with Crippen LogP contribution in [-0.4, -0.2) is 43.0 Å². The molecule has 0 fully saturated rings. The van der Waals surface area contributed by atoms with E-state index in [0.29, 0.717) is 51.4 Å². The lowest BCUT2D eigenvalue weighted by Crippen LogP contribution is -2.13. The second-order valence-electron chi connectivity index (χ2n) is 7.86. The highest BCUT2D eigenvalue weighted by atomic mass is 79.9. The molecule has 0 unspecified atom stereocenters. The quantitative estimate of drug-likeness (QED) is 0.160. The number of hydrogen-bond acceptors (Lipinski definition) is 9. The van der Waals surface area contributed by atoms with E-state index in [1.165, 1.54) is 17.4 Å². The molecule has 1 aromatic heterocycles. The Morgan fingerprint density at radius 3 is 2.59 bits per heavy atom. The van der Waals surface area contributed by atoms with Crippen LogP contribution in [0.25, 0.3) is 6.08 Å². The number of methoxy groups -OCH3 is 1. The minimum absolute atomic E-state index is 0.0870. The maximum Gasteiger partial charge on any atom is 0.268 e. The summed E-state index contributed by atoms with van der Waals surface area (Å²) in [5, 5.41) is 21.4. The van der Waals surface area contributed by atoms with Gasteiger partial charge in [-0.05, 0) is 58.8 Å². The number of nitrogens with one attached hydrogen (secondary N) is 1. The second kappa shape index (κ2) is 13.6. The molecule has 3 aromatic rings. The van der Waals surface area contributed by atoms with Gasteiger partial charge in [0, 0.05) is 12.0 Å². The zero-order valence-corrected chi connectivity index (χ0v) is 23.3. The van der Waals surface area contributed by atoms with Crippen molar-refractivity contribution in [2.75, 3.05) is 32.2 Å². The van der Waals surface area contributed by atoms with Gasteiger partial charge in [-0.15, -0.1) is 10.2 Å². The van der Waals surface area contributed by atoms with Gasteiger partial charge in [0.25, 0.3) is 5.91 Å². The topological polar surface area (TPSA) is 116 Å². The summed E-state index contributed by atoms with van der Waals surface area (Å²) in [5.74, 6) is 1.95. The van der Waals surface area contributed by atoms with Crippen LogP contribution in [0.15, 0.2) is 46.4 Å². The monoisotopic (exact) mass is 586 g/mol. The van der Waals surface area contributed by atoms with Gasteiger partial charge in [-0.2, -0.15) is 5.26 Å². The minimum Gasteiger partial charge on any atom is -0.497 e. The summed E-state index contributed by atoms with van der Waals surface area (Å²) in [6.07, 6.45) is 1.47. The van der Waals surface area contributed by atoms with Crippen LogP contribution in [0.2, 0.25) is 0 Å². The molecular weight excluding hydrogens is 560 g/mol. The lowest BCUT2D eigenvalue weighted by molar-refractivity contribution is -0.112. The molecule has 0 saturated heterocycles.